The second-order valence-electron chi connectivity index (χ2n) is 2.22. The Bertz CT molecular complexity index is 105. The molecule has 0 heterocycles. The highest BCUT2D eigenvalue weighted by atomic mass is 16.4. The molecule has 0 radical (unpaired) electrons. The van der Waals surface area contributed by atoms with Crippen LogP contribution in [0.2, 0.25) is 0 Å². The molecule has 1 saturated carbocycles. The van der Waals surface area contributed by atoms with Gasteiger partial charge in [0.2, 0.25) is 0 Å². The molecule has 1 N–H and O–H groups in total. The summed E-state index contributed by atoms with van der Waals surface area (Å²) in [4.78, 5) is 0. The van der Waals surface area contributed by atoms with E-state index in [0.717, 1.165) is 12.1 Å². The van der Waals surface area contributed by atoms with Crippen LogP contribution in [0.3, 0.4) is 0 Å². The number of hydrogen-bond acceptors (Lipinski definition) is 2. The van der Waals surface area contributed by atoms with Crippen molar-refractivity contribution in [3.8, 4) is 0 Å². The molecule has 0 amide bonds. The van der Waals surface area contributed by atoms with Crippen LogP contribution >= 0.6 is 0 Å². The molecule has 0 aromatic heterocycles. The largest absolute Gasteiger partial charge is 0.411 e. The monoisotopic (exact) mass is 113 g/mol. The molecule has 0 saturated heterocycles. The minimum atomic E-state index is 0.630. The van der Waals surface area contributed by atoms with E-state index in [-0.39, 0.29) is 0 Å². The van der Waals surface area contributed by atoms with Crippen molar-refractivity contribution >= 4 is 5.71 Å². The molecule has 8 heavy (non-hydrogen) atoms. The molecule has 1 aliphatic carbocycles. The summed E-state index contributed by atoms with van der Waals surface area (Å²) in [5.74, 6) is 0.630. The van der Waals surface area contributed by atoms with Crippen LogP contribution in [0.25, 0.3) is 0 Å². The van der Waals surface area contributed by atoms with E-state index in [4.69, 9.17) is 5.21 Å². The van der Waals surface area contributed by atoms with Crippen LogP contribution in [0.1, 0.15) is 26.2 Å². The molecule has 2 heteroatoms. The Labute approximate surface area is 49.2 Å². The lowest BCUT2D eigenvalue weighted by Gasteiger charge is -1.92. The summed E-state index contributed by atoms with van der Waals surface area (Å²) in [6.45, 7) is 2.02. The highest BCUT2D eigenvalue weighted by Gasteiger charge is 2.26. The zero-order chi connectivity index (χ0) is 5.98. The van der Waals surface area contributed by atoms with Gasteiger partial charge < -0.3 is 5.21 Å². The summed E-state index contributed by atoms with van der Waals surface area (Å²) >= 11 is 0. The van der Waals surface area contributed by atoms with Gasteiger partial charge in [-0.1, -0.05) is 12.1 Å². The zero-order valence-electron chi connectivity index (χ0n) is 5.09. The van der Waals surface area contributed by atoms with Crippen molar-refractivity contribution in [1.29, 1.82) is 0 Å². The van der Waals surface area contributed by atoms with E-state index in [2.05, 4.69) is 5.16 Å². The Kier molecular flexibility index (Phi) is 1.51. The molecule has 1 fully saturated rings. The molecule has 1 aliphatic rings. The highest BCUT2D eigenvalue weighted by Crippen LogP contribution is 2.31. The quantitative estimate of drug-likeness (QED) is 0.329. The summed E-state index contributed by atoms with van der Waals surface area (Å²) in [5.41, 5.74) is 0.977. The Morgan fingerprint density at radius 2 is 2.38 bits per heavy atom. The first-order valence-corrected chi connectivity index (χ1v) is 3.09. The van der Waals surface area contributed by atoms with Gasteiger partial charge in [-0.25, -0.2) is 0 Å². The zero-order valence-corrected chi connectivity index (χ0v) is 5.09. The molecule has 0 aromatic rings. The van der Waals surface area contributed by atoms with Crippen molar-refractivity contribution in [2.45, 2.75) is 26.2 Å². The third-order valence-corrected chi connectivity index (χ3v) is 1.54. The van der Waals surface area contributed by atoms with Crippen LogP contribution in [-0.2, 0) is 0 Å². The molecule has 0 aromatic carbocycles. The number of rotatable bonds is 2. The Hall–Kier alpha value is -0.530. The average Bonchev–Trinajstić information content (AvgIpc) is 2.53. The van der Waals surface area contributed by atoms with E-state index in [1.807, 2.05) is 6.92 Å². The first-order valence-electron chi connectivity index (χ1n) is 3.09. The maximum absolute atomic E-state index is 8.32. The second-order valence-corrected chi connectivity index (χ2v) is 2.22. The molecular formula is C6H11NO. The Morgan fingerprint density at radius 1 is 1.75 bits per heavy atom. The number of nitrogens with zero attached hydrogens (tertiary/aromatic N) is 1. The van der Waals surface area contributed by atoms with E-state index >= 15 is 0 Å². The lowest BCUT2D eigenvalue weighted by atomic mass is 10.2. The minimum absolute atomic E-state index is 0.630. The van der Waals surface area contributed by atoms with E-state index < -0.39 is 0 Å². The van der Waals surface area contributed by atoms with Crippen LogP contribution in [-0.4, -0.2) is 10.9 Å². The summed E-state index contributed by atoms with van der Waals surface area (Å²) in [6, 6.07) is 0. The van der Waals surface area contributed by atoms with Gasteiger partial charge in [0, 0.05) is 5.92 Å². The predicted molar refractivity (Wildman–Crippen MR) is 32.2 cm³/mol. The van der Waals surface area contributed by atoms with Crippen molar-refractivity contribution in [2.24, 2.45) is 11.1 Å². The van der Waals surface area contributed by atoms with Gasteiger partial charge in [0.05, 0.1) is 5.71 Å². The van der Waals surface area contributed by atoms with Gasteiger partial charge in [-0.2, -0.15) is 0 Å². The molecule has 46 valence electrons. The summed E-state index contributed by atoms with van der Waals surface area (Å²) in [5, 5.41) is 11.5. The van der Waals surface area contributed by atoms with Gasteiger partial charge >= 0.3 is 0 Å². The van der Waals surface area contributed by atoms with Gasteiger partial charge in [0.1, 0.15) is 0 Å². The van der Waals surface area contributed by atoms with Gasteiger partial charge in [-0.3, -0.25) is 0 Å². The Morgan fingerprint density at radius 3 is 2.50 bits per heavy atom. The molecule has 0 unspecified atom stereocenters. The molecule has 0 atom stereocenters. The van der Waals surface area contributed by atoms with Crippen LogP contribution in [0.5, 0.6) is 0 Å². The fourth-order valence-corrected chi connectivity index (χ4v) is 0.858. The van der Waals surface area contributed by atoms with Crippen molar-refractivity contribution < 1.29 is 5.21 Å². The summed E-state index contributed by atoms with van der Waals surface area (Å²) in [6.07, 6.45) is 3.36. The molecule has 0 spiro atoms. The number of hydrogen-bond donors (Lipinski definition) is 1. The lowest BCUT2D eigenvalue weighted by molar-refractivity contribution is 0.316. The average molecular weight is 113 g/mol. The molecular weight excluding hydrogens is 102 g/mol. The predicted octanol–water partition coefficient (Wildman–Crippen LogP) is 1.64. The third-order valence-electron chi connectivity index (χ3n) is 1.54. The maximum atomic E-state index is 8.32. The lowest BCUT2D eigenvalue weighted by Crippen LogP contribution is -1.97. The van der Waals surface area contributed by atoms with Crippen LogP contribution < -0.4 is 0 Å². The standard InChI is InChI=1S/C6H11NO/c1-2-6(7-8)5-3-4-5/h5,8H,2-4H2,1H3. The second kappa shape index (κ2) is 2.16. The van der Waals surface area contributed by atoms with Gasteiger partial charge in [0.15, 0.2) is 0 Å². The first kappa shape index (κ1) is 5.60. The minimum Gasteiger partial charge on any atom is -0.411 e. The highest BCUT2D eigenvalue weighted by molar-refractivity contribution is 5.87. The van der Waals surface area contributed by atoms with Crippen molar-refractivity contribution in [2.75, 3.05) is 0 Å². The van der Waals surface area contributed by atoms with Crippen molar-refractivity contribution in [3.05, 3.63) is 0 Å². The molecule has 2 nitrogen and oxygen atoms in total. The fourth-order valence-electron chi connectivity index (χ4n) is 0.858. The normalized spacial score (nSPS) is 21.4. The van der Waals surface area contributed by atoms with Crippen molar-refractivity contribution in [1.82, 2.24) is 0 Å². The van der Waals surface area contributed by atoms with E-state index in [1.165, 1.54) is 12.8 Å². The third kappa shape index (κ3) is 0.997. The van der Waals surface area contributed by atoms with Crippen LogP contribution in [0, 0.1) is 5.92 Å². The van der Waals surface area contributed by atoms with E-state index in [9.17, 15) is 0 Å². The van der Waals surface area contributed by atoms with Gasteiger partial charge in [-0.05, 0) is 19.3 Å². The molecule has 1 rings (SSSR count). The fraction of sp³-hybridized carbons (Fsp3) is 0.833. The first-order chi connectivity index (χ1) is 3.88. The van der Waals surface area contributed by atoms with Crippen LogP contribution in [0.4, 0.5) is 0 Å². The summed E-state index contributed by atoms with van der Waals surface area (Å²) < 4.78 is 0. The SMILES string of the molecule is CCC(=NO)C1CC1. The molecule has 0 aliphatic heterocycles. The van der Waals surface area contributed by atoms with E-state index in [0.29, 0.717) is 5.92 Å². The summed E-state index contributed by atoms with van der Waals surface area (Å²) in [7, 11) is 0. The van der Waals surface area contributed by atoms with Crippen LogP contribution in [0.15, 0.2) is 5.16 Å². The smallest absolute Gasteiger partial charge is 0.0598 e. The van der Waals surface area contributed by atoms with Gasteiger partial charge in [-0.15, -0.1) is 0 Å². The Balaban J connectivity index is 2.37. The topological polar surface area (TPSA) is 32.6 Å². The molecule has 0 bridgehead atoms. The van der Waals surface area contributed by atoms with Crippen molar-refractivity contribution in [3.63, 3.8) is 0 Å². The maximum Gasteiger partial charge on any atom is 0.0598 e. The van der Waals surface area contributed by atoms with E-state index in [1.54, 1.807) is 0 Å². The van der Waals surface area contributed by atoms with Gasteiger partial charge in [0.25, 0.3) is 0 Å². The number of oxime groups is 1.